The van der Waals surface area contributed by atoms with E-state index in [2.05, 4.69) is 574 Å². The number of hydrogen-bond donors (Lipinski definition) is 0. The summed E-state index contributed by atoms with van der Waals surface area (Å²) in [5, 5.41) is 12.2. The van der Waals surface area contributed by atoms with Gasteiger partial charge in [0.15, 0.2) is 28.6 Å². The lowest BCUT2D eigenvalue weighted by atomic mass is 9.92. The zero-order valence-electron chi connectivity index (χ0n) is 81.7. The van der Waals surface area contributed by atoms with Crippen molar-refractivity contribution in [2.75, 3.05) is 83.9 Å². The second-order valence-electron chi connectivity index (χ2n) is 37.3. The van der Waals surface area contributed by atoms with E-state index in [-0.39, 0.29) is 0 Å². The highest BCUT2D eigenvalue weighted by Gasteiger charge is 2.73. The molecule has 0 amide bonds. The SMILES string of the molecule is CN(c1ccccc1)[P+](CCOc1ccccc1C1=C2C=CC3=[N+]2C24n5c(ccc51)C(c1ccccc1OCCP(c1ccccc1)(c1ccccc1)=[N+](C)c1ccccc1)=C1C=CC(=[N+]12)C(c1ccccc1OCCP(c1ccccc1)(c1ccccc1)=[N+](C)c1ccccc1)=c1ccc(n14)=C3c1ccccc1OCCP(c1ccccc1)(c1ccccc1)=[N+](C)c1ccccc1)(c1ccccc1)c1ccccc1. The maximum atomic E-state index is 7.78. The fraction of sp³-hybridized carbons (Fsp3) is 0.101. The van der Waals surface area contributed by atoms with Crippen LogP contribution in [-0.2, 0) is 5.91 Å². The zero-order chi connectivity index (χ0) is 97.5. The number of allylic oxidation sites excluding steroid dienone is 4. The van der Waals surface area contributed by atoms with Crippen molar-refractivity contribution in [1.29, 1.82) is 0 Å². The molecule has 1 atom stereocenters. The van der Waals surface area contributed by atoms with E-state index in [1.807, 2.05) is 0 Å². The summed E-state index contributed by atoms with van der Waals surface area (Å²) in [6, 6.07) is 178. The normalized spacial score (nSPS) is 14.7. The minimum absolute atomic E-state index is 0.402. The molecule has 0 saturated carbocycles. The Morgan fingerprint density at radius 2 is 0.524 bits per heavy atom. The molecule has 16 aromatic carbocycles. The molecule has 2 aromatic heterocycles. The molecule has 24 rings (SSSR count). The van der Waals surface area contributed by atoms with Crippen molar-refractivity contribution in [3.8, 4) is 23.0 Å². The van der Waals surface area contributed by atoms with Crippen LogP contribution in [0.25, 0.3) is 22.3 Å². The molecule has 0 fully saturated rings. The number of ether oxygens (including phenoxy) is 4. The predicted octanol–water partition coefficient (Wildman–Crippen LogP) is 23.1. The molecule has 706 valence electrons. The third-order valence-electron chi connectivity index (χ3n) is 30.1. The van der Waals surface area contributed by atoms with Crippen molar-refractivity contribution in [3.05, 3.63) is 565 Å². The van der Waals surface area contributed by atoms with Crippen LogP contribution in [0.2, 0.25) is 0 Å². The molecule has 6 aliphatic rings. The highest BCUT2D eigenvalue weighted by molar-refractivity contribution is 7.90. The largest absolute Gasteiger partial charge is 0.553 e. The number of rotatable bonds is 33. The summed E-state index contributed by atoms with van der Waals surface area (Å²) >= 11 is 0. The van der Waals surface area contributed by atoms with Crippen LogP contribution >= 0.6 is 28.6 Å². The molecule has 0 radical (unpaired) electrons. The molecular formula is C129H112N8O4P4+6. The third kappa shape index (κ3) is 15.4. The van der Waals surface area contributed by atoms with E-state index in [0.29, 0.717) is 51.1 Å². The fourth-order valence-electron chi connectivity index (χ4n) is 23.6. The average molecular weight is 1960 g/mol. The van der Waals surface area contributed by atoms with E-state index in [1.54, 1.807) is 0 Å². The van der Waals surface area contributed by atoms with Gasteiger partial charge < -0.3 is 18.9 Å². The Bertz CT molecular complexity index is 8360. The van der Waals surface area contributed by atoms with Gasteiger partial charge in [-0.1, -0.05) is 300 Å². The van der Waals surface area contributed by atoms with Crippen molar-refractivity contribution in [2.45, 2.75) is 5.91 Å². The van der Waals surface area contributed by atoms with Crippen LogP contribution < -0.4 is 76.8 Å². The molecular weight excluding hydrogens is 1850 g/mol. The molecule has 6 aliphatic heterocycles. The third-order valence-corrected chi connectivity index (χ3v) is 47.7. The summed E-state index contributed by atoms with van der Waals surface area (Å²) in [4.78, 5) is 0. The van der Waals surface area contributed by atoms with Gasteiger partial charge in [0, 0.05) is 122 Å². The molecule has 0 bridgehead atoms. The number of aromatic nitrogens is 2. The lowest BCUT2D eigenvalue weighted by Gasteiger charge is -2.41. The summed E-state index contributed by atoms with van der Waals surface area (Å²) in [5.41, 5.74) is 18.7. The average Bonchev–Trinajstić information content (AvgIpc) is 1.47. The number of benzene rings is 16. The summed E-state index contributed by atoms with van der Waals surface area (Å²) in [5.74, 6) is 1.87. The molecule has 18 aromatic rings. The predicted molar refractivity (Wildman–Crippen MR) is 603 cm³/mol. The summed E-state index contributed by atoms with van der Waals surface area (Å²) in [6.07, 6.45) is 12.4. The van der Waals surface area contributed by atoms with Gasteiger partial charge in [0.05, 0.1) is 88.4 Å². The highest BCUT2D eigenvalue weighted by Crippen LogP contribution is 2.62. The van der Waals surface area contributed by atoms with Crippen LogP contribution in [0.5, 0.6) is 23.0 Å². The van der Waals surface area contributed by atoms with Crippen molar-refractivity contribution in [1.82, 2.24) is 9.13 Å². The molecule has 145 heavy (non-hydrogen) atoms. The van der Waals surface area contributed by atoms with Gasteiger partial charge >= 0.3 is 5.91 Å². The fourth-order valence-corrected chi connectivity index (χ4v) is 39.6. The molecule has 16 heteroatoms. The first-order chi connectivity index (χ1) is 71.6. The monoisotopic (exact) mass is 1960 g/mol. The minimum atomic E-state index is -2.49. The first-order valence-electron chi connectivity index (χ1n) is 50.1. The molecule has 12 nitrogen and oxygen atoms in total. The lowest BCUT2D eigenvalue weighted by molar-refractivity contribution is -0.834. The van der Waals surface area contributed by atoms with Gasteiger partial charge in [-0.2, -0.15) is 9.13 Å². The van der Waals surface area contributed by atoms with Crippen molar-refractivity contribution in [2.24, 2.45) is 0 Å². The van der Waals surface area contributed by atoms with Gasteiger partial charge in [-0.15, -0.1) is 0 Å². The van der Waals surface area contributed by atoms with Gasteiger partial charge in [0.25, 0.3) is 0 Å². The number of para-hydroxylation sites is 8. The van der Waals surface area contributed by atoms with Crippen LogP contribution in [0, 0.1) is 0 Å². The first-order valence-corrected chi connectivity index (χ1v) is 57.8. The lowest BCUT2D eigenvalue weighted by Crippen LogP contribution is -2.71. The smallest absolute Gasteiger partial charge is 0.492 e. The summed E-state index contributed by atoms with van der Waals surface area (Å²) < 4.78 is 52.1. The van der Waals surface area contributed by atoms with Gasteiger partial charge in [-0.3, -0.25) is 0 Å². The quantitative estimate of drug-likeness (QED) is 0.0303. The molecule has 0 saturated heterocycles. The molecule has 8 heterocycles. The Kier molecular flexibility index (Phi) is 24.8. The Balaban J connectivity index is 0.733. The van der Waals surface area contributed by atoms with Gasteiger partial charge in [0.2, 0.25) is 39.9 Å². The second-order valence-corrected chi connectivity index (χ2v) is 51.8. The minimum Gasteiger partial charge on any atom is -0.492 e. The molecule has 0 N–H and O–H groups in total. The highest BCUT2D eigenvalue weighted by atomic mass is 31.2. The number of hydrogen-bond acceptors (Lipinski definition) is 5. The van der Waals surface area contributed by atoms with Crippen LogP contribution in [0.1, 0.15) is 33.6 Å². The standard InChI is InChI=1S/C129H112N8O4P4/c1-130(97-49-17-5-18-50-97)142(101-57-25-9-26-58-101,102-59-27-10-28-60-102)93-89-138-121-77-45-41-73-109(121)125-113-81-83-115-126(110-74-42-46-78-122(110)139-90-94-143(103-61-29-11-30-62-103,104-63-31-12-32-64-104)131(2)98-51-19-6-20-52-98)117-85-87-119-128(112-76-44-48-80-124(112)141-92-96-145(107-69-37-15-38-70-107,108-71-39-16-40-72-108)133(4)100-55-23-8-24-56-100)120-88-86-118-127(116-84-82-114(125)135(116)129(134(113)115,136(117)119)137(118)120)111-75-43-47-79-123(111)140-91-95-144(105-65-33-13-34-66-105,106-67-35-14-36-68-106)132(3)99-53-21-7-22-54-99/h5-88H,89-96H2,1-4H3/q+6. The van der Waals surface area contributed by atoms with Gasteiger partial charge in [0.1, 0.15) is 67.5 Å². The number of nitrogens with zero attached hydrogens (tertiary/aromatic N) is 8. The van der Waals surface area contributed by atoms with E-state index < -0.39 is 34.5 Å². The Hall–Kier alpha value is -15.8. The van der Waals surface area contributed by atoms with E-state index in [4.69, 9.17) is 18.9 Å². The Morgan fingerprint density at radius 3 is 0.828 bits per heavy atom. The van der Waals surface area contributed by atoms with Crippen molar-refractivity contribution in [3.63, 3.8) is 0 Å². The number of anilines is 1. The first kappa shape index (κ1) is 91.7. The van der Waals surface area contributed by atoms with Gasteiger partial charge in [-0.25, -0.2) is 17.7 Å². The van der Waals surface area contributed by atoms with Crippen LogP contribution in [0.4, 0.5) is 22.7 Å². The summed E-state index contributed by atoms with van der Waals surface area (Å²) in [6.45, 7) is 1.61. The van der Waals surface area contributed by atoms with E-state index in [1.165, 1.54) is 42.4 Å². The maximum Gasteiger partial charge on any atom is 0.553 e. The van der Waals surface area contributed by atoms with Crippen LogP contribution in [0.15, 0.2) is 521 Å². The molecule has 1 unspecified atom stereocenters. The molecule has 0 aliphatic carbocycles. The van der Waals surface area contributed by atoms with Gasteiger partial charge in [-0.05, 0) is 158 Å². The summed E-state index contributed by atoms with van der Waals surface area (Å²) in [7, 11) is -0.837. The van der Waals surface area contributed by atoms with Crippen LogP contribution in [0.3, 0.4) is 0 Å². The van der Waals surface area contributed by atoms with Crippen molar-refractivity contribution < 1.29 is 41.1 Å². The Labute approximate surface area is 849 Å². The van der Waals surface area contributed by atoms with Crippen LogP contribution in [-0.4, -0.2) is 122 Å². The van der Waals surface area contributed by atoms with E-state index in [9.17, 15) is 0 Å². The topological polar surface area (TPSA) is 65.1 Å². The van der Waals surface area contributed by atoms with E-state index in [0.717, 1.165) is 135 Å². The Morgan fingerprint density at radius 1 is 0.269 bits per heavy atom. The zero-order valence-corrected chi connectivity index (χ0v) is 85.2. The second kappa shape index (κ2) is 39.2. The maximum absolute atomic E-state index is 7.78. The van der Waals surface area contributed by atoms with Crippen molar-refractivity contribution >= 4 is 127 Å². The van der Waals surface area contributed by atoms with E-state index >= 15 is 0 Å². The molecule has 1 spiro atoms.